The van der Waals surface area contributed by atoms with Crippen molar-refractivity contribution in [1.82, 2.24) is 0 Å². The number of nitrogens with zero attached hydrogens (tertiary/aromatic N) is 1. The first-order valence-electron chi connectivity index (χ1n) is 6.03. The molecule has 0 heterocycles. The van der Waals surface area contributed by atoms with Crippen LogP contribution in [0.3, 0.4) is 0 Å². The minimum atomic E-state index is -1.12. The van der Waals surface area contributed by atoms with E-state index in [9.17, 15) is 14.0 Å². The Morgan fingerprint density at radius 1 is 1.14 bits per heavy atom. The summed E-state index contributed by atoms with van der Waals surface area (Å²) in [5, 5.41) is 9.00. The van der Waals surface area contributed by atoms with Crippen LogP contribution in [0.15, 0.2) is 48.5 Å². The smallest absolute Gasteiger partial charge is 0.323 e. The van der Waals surface area contributed by atoms with Crippen LogP contribution in [0, 0.1) is 9.39 Å². The molecule has 2 aromatic carbocycles. The lowest BCUT2D eigenvalue weighted by Crippen LogP contribution is -2.36. The number of halogens is 2. The van der Waals surface area contributed by atoms with Crippen LogP contribution in [-0.4, -0.2) is 23.5 Å². The van der Waals surface area contributed by atoms with Gasteiger partial charge in [-0.05, 0) is 52.9 Å². The average Bonchev–Trinajstić information content (AvgIpc) is 2.45. The Kier molecular flexibility index (Phi) is 4.89. The summed E-state index contributed by atoms with van der Waals surface area (Å²) in [5.74, 6) is -2.04. The molecule has 0 aliphatic carbocycles. The summed E-state index contributed by atoms with van der Waals surface area (Å²) in [5.41, 5.74) is 0.743. The van der Waals surface area contributed by atoms with Gasteiger partial charge in [-0.1, -0.05) is 18.2 Å². The Bertz CT molecular complexity index is 676. The van der Waals surface area contributed by atoms with Gasteiger partial charge in [0.05, 0.1) is 5.56 Å². The van der Waals surface area contributed by atoms with Gasteiger partial charge in [0.15, 0.2) is 0 Å². The van der Waals surface area contributed by atoms with Crippen molar-refractivity contribution in [3.05, 3.63) is 63.5 Å². The van der Waals surface area contributed by atoms with Crippen LogP contribution in [-0.2, 0) is 4.79 Å². The number of para-hydroxylation sites is 1. The van der Waals surface area contributed by atoms with Crippen molar-refractivity contribution in [2.45, 2.75) is 0 Å². The normalized spacial score (nSPS) is 10.2. The number of hydrogen-bond acceptors (Lipinski definition) is 2. The fraction of sp³-hybridized carbons (Fsp3) is 0.0667. The van der Waals surface area contributed by atoms with Crippen LogP contribution in [0.5, 0.6) is 0 Å². The predicted octanol–water partition coefficient (Wildman–Crippen LogP) is 3.16. The highest BCUT2D eigenvalue weighted by molar-refractivity contribution is 14.1. The van der Waals surface area contributed by atoms with Crippen LogP contribution in [0.25, 0.3) is 0 Å². The van der Waals surface area contributed by atoms with Gasteiger partial charge in [0.2, 0.25) is 0 Å². The van der Waals surface area contributed by atoms with Crippen molar-refractivity contribution in [3.63, 3.8) is 0 Å². The first-order chi connectivity index (χ1) is 9.99. The molecule has 0 unspecified atom stereocenters. The van der Waals surface area contributed by atoms with Crippen LogP contribution < -0.4 is 4.90 Å². The fourth-order valence-corrected chi connectivity index (χ4v) is 2.54. The molecular weight excluding hydrogens is 388 g/mol. The molecule has 2 aromatic rings. The Morgan fingerprint density at radius 3 is 2.38 bits per heavy atom. The van der Waals surface area contributed by atoms with Crippen molar-refractivity contribution in [2.75, 3.05) is 11.4 Å². The second-order valence-electron chi connectivity index (χ2n) is 4.24. The second-order valence-corrected chi connectivity index (χ2v) is 5.41. The van der Waals surface area contributed by atoms with Crippen LogP contribution >= 0.6 is 22.6 Å². The summed E-state index contributed by atoms with van der Waals surface area (Å²) in [7, 11) is 0. The minimum Gasteiger partial charge on any atom is -0.480 e. The van der Waals surface area contributed by atoms with E-state index < -0.39 is 24.2 Å². The van der Waals surface area contributed by atoms with Gasteiger partial charge < -0.3 is 5.11 Å². The second kappa shape index (κ2) is 6.66. The predicted molar refractivity (Wildman–Crippen MR) is 84.9 cm³/mol. The molecule has 0 saturated carbocycles. The zero-order valence-corrected chi connectivity index (χ0v) is 13.0. The quantitative estimate of drug-likeness (QED) is 0.804. The number of carboxylic acid groups (broad SMARTS) is 1. The highest BCUT2D eigenvalue weighted by Crippen LogP contribution is 2.20. The van der Waals surface area contributed by atoms with Crippen molar-refractivity contribution < 1.29 is 19.1 Å². The van der Waals surface area contributed by atoms with E-state index in [0.29, 0.717) is 9.26 Å². The molecule has 0 saturated heterocycles. The third-order valence-electron chi connectivity index (χ3n) is 2.77. The fourth-order valence-electron chi connectivity index (χ4n) is 1.83. The highest BCUT2D eigenvalue weighted by atomic mass is 127. The number of carbonyl (C=O) groups excluding carboxylic acids is 1. The third-order valence-corrected chi connectivity index (χ3v) is 3.66. The average molecular weight is 399 g/mol. The molecule has 0 radical (unpaired) electrons. The number of rotatable bonds is 4. The molecule has 0 bridgehead atoms. The zero-order chi connectivity index (χ0) is 15.4. The van der Waals surface area contributed by atoms with Gasteiger partial charge in [0.25, 0.3) is 5.91 Å². The number of anilines is 1. The molecule has 0 atom stereocenters. The van der Waals surface area contributed by atoms with Gasteiger partial charge in [0, 0.05) is 9.26 Å². The van der Waals surface area contributed by atoms with Gasteiger partial charge in [-0.15, -0.1) is 0 Å². The molecule has 6 heteroatoms. The van der Waals surface area contributed by atoms with Crippen molar-refractivity contribution in [3.8, 4) is 0 Å². The molecule has 0 aliphatic heterocycles. The Hall–Kier alpha value is -1.96. The molecule has 0 spiro atoms. The monoisotopic (exact) mass is 399 g/mol. The highest BCUT2D eigenvalue weighted by Gasteiger charge is 2.22. The molecule has 1 amide bonds. The number of amides is 1. The number of benzene rings is 2. The van der Waals surface area contributed by atoms with E-state index >= 15 is 0 Å². The lowest BCUT2D eigenvalue weighted by atomic mass is 10.1. The molecular formula is C15H11FINO3. The summed E-state index contributed by atoms with van der Waals surface area (Å²) in [6.45, 7) is -0.462. The van der Waals surface area contributed by atoms with Gasteiger partial charge >= 0.3 is 5.97 Å². The maximum atomic E-state index is 13.1. The molecule has 0 aromatic heterocycles. The van der Waals surface area contributed by atoms with E-state index in [0.717, 1.165) is 4.90 Å². The summed E-state index contributed by atoms with van der Waals surface area (Å²) in [4.78, 5) is 24.7. The largest absolute Gasteiger partial charge is 0.480 e. The minimum absolute atomic E-state index is 0.266. The van der Waals surface area contributed by atoms with E-state index in [1.165, 1.54) is 18.2 Å². The third kappa shape index (κ3) is 3.78. The van der Waals surface area contributed by atoms with E-state index in [-0.39, 0.29) is 5.56 Å². The summed E-state index contributed by atoms with van der Waals surface area (Å²) >= 11 is 1.85. The number of aliphatic carboxylic acids is 1. The van der Waals surface area contributed by atoms with Crippen LogP contribution in [0.4, 0.5) is 10.1 Å². The van der Waals surface area contributed by atoms with E-state index in [4.69, 9.17) is 5.11 Å². The lowest BCUT2D eigenvalue weighted by molar-refractivity contribution is -0.135. The van der Waals surface area contributed by atoms with Gasteiger partial charge in [-0.2, -0.15) is 0 Å². The first-order valence-corrected chi connectivity index (χ1v) is 7.10. The van der Waals surface area contributed by atoms with Crippen LogP contribution in [0.1, 0.15) is 10.4 Å². The topological polar surface area (TPSA) is 57.6 Å². The summed E-state index contributed by atoms with van der Waals surface area (Å²) < 4.78 is 13.6. The molecule has 2 rings (SSSR count). The SMILES string of the molecule is O=C(O)CN(C(=O)c1ccc(F)cc1I)c1ccccc1. The zero-order valence-electron chi connectivity index (χ0n) is 10.8. The lowest BCUT2D eigenvalue weighted by Gasteiger charge is -2.21. The molecule has 108 valence electrons. The van der Waals surface area contributed by atoms with E-state index in [1.807, 2.05) is 22.6 Å². The van der Waals surface area contributed by atoms with E-state index in [1.54, 1.807) is 30.3 Å². The standard InChI is InChI=1S/C15H11FINO3/c16-10-6-7-12(13(17)8-10)15(21)18(9-14(19)20)11-4-2-1-3-5-11/h1-8H,9H2,(H,19,20). The Balaban J connectivity index is 2.41. The molecule has 0 aliphatic rings. The van der Waals surface area contributed by atoms with E-state index in [2.05, 4.69) is 0 Å². The van der Waals surface area contributed by atoms with Gasteiger partial charge in [-0.25, -0.2) is 4.39 Å². The number of carboxylic acids is 1. The van der Waals surface area contributed by atoms with Crippen molar-refractivity contribution in [2.24, 2.45) is 0 Å². The molecule has 21 heavy (non-hydrogen) atoms. The molecule has 4 nitrogen and oxygen atoms in total. The Morgan fingerprint density at radius 2 is 1.81 bits per heavy atom. The molecule has 1 N–H and O–H groups in total. The van der Waals surface area contributed by atoms with Crippen molar-refractivity contribution >= 4 is 40.2 Å². The maximum Gasteiger partial charge on any atom is 0.323 e. The number of carbonyl (C=O) groups is 2. The molecule has 0 fully saturated rings. The van der Waals surface area contributed by atoms with Gasteiger partial charge in [0.1, 0.15) is 12.4 Å². The van der Waals surface area contributed by atoms with Crippen LogP contribution in [0.2, 0.25) is 0 Å². The number of hydrogen-bond donors (Lipinski definition) is 1. The maximum absolute atomic E-state index is 13.1. The Labute approximate surface area is 134 Å². The summed E-state index contributed by atoms with van der Waals surface area (Å²) in [6, 6.07) is 12.3. The van der Waals surface area contributed by atoms with Gasteiger partial charge in [-0.3, -0.25) is 14.5 Å². The van der Waals surface area contributed by atoms with Crippen molar-refractivity contribution in [1.29, 1.82) is 0 Å². The first kappa shape index (κ1) is 15.4. The summed E-state index contributed by atoms with van der Waals surface area (Å²) in [6.07, 6.45) is 0.